The van der Waals surface area contributed by atoms with Gasteiger partial charge in [-0.05, 0) is 12.1 Å². The van der Waals surface area contributed by atoms with Crippen LogP contribution in [0.3, 0.4) is 0 Å². The molecule has 0 amide bonds. The molecule has 1 aromatic heterocycles. The molecule has 10 nitrogen and oxygen atoms in total. The van der Waals surface area contributed by atoms with Gasteiger partial charge in [0.25, 0.3) is 5.69 Å². The van der Waals surface area contributed by atoms with Crippen molar-refractivity contribution in [2.24, 2.45) is 0 Å². The minimum absolute atomic E-state index is 0.211. The molecule has 29 heavy (non-hydrogen) atoms. The number of aliphatic carboxylic acids is 2. The van der Waals surface area contributed by atoms with Crippen LogP contribution in [0.1, 0.15) is 11.3 Å². The number of nitro groups is 1. The van der Waals surface area contributed by atoms with Gasteiger partial charge in [-0.3, -0.25) is 24.9 Å². The van der Waals surface area contributed by atoms with E-state index in [0.29, 0.717) is 6.54 Å². The average molecular weight is 402 g/mol. The van der Waals surface area contributed by atoms with Crippen molar-refractivity contribution >= 4 is 17.6 Å². The van der Waals surface area contributed by atoms with Crippen molar-refractivity contribution in [2.75, 3.05) is 26.2 Å². The van der Waals surface area contributed by atoms with E-state index in [2.05, 4.69) is 14.8 Å². The number of carboxylic acids is 2. The number of para-hydroxylation sites is 1. The Balaban J connectivity index is 0.000000438. The van der Waals surface area contributed by atoms with Crippen LogP contribution in [0, 0.1) is 10.1 Å². The summed E-state index contributed by atoms with van der Waals surface area (Å²) in [5.41, 5.74) is 2.08. The molecule has 0 spiro atoms. The SMILES string of the molecule is O=C(O)C(=O)O.O=[N+]([O-])c1ccccc1CN1CCN(Cc2ccccn2)CC1. The first-order valence-electron chi connectivity index (χ1n) is 8.90. The summed E-state index contributed by atoms with van der Waals surface area (Å²) in [5.74, 6) is -3.65. The van der Waals surface area contributed by atoms with E-state index >= 15 is 0 Å². The van der Waals surface area contributed by atoms with Crippen LogP contribution in [0.4, 0.5) is 5.69 Å². The molecule has 1 fully saturated rings. The van der Waals surface area contributed by atoms with Crippen molar-refractivity contribution in [1.82, 2.24) is 14.8 Å². The lowest BCUT2D eigenvalue weighted by Gasteiger charge is -2.34. The van der Waals surface area contributed by atoms with Gasteiger partial charge in [0.05, 0.1) is 10.6 Å². The van der Waals surface area contributed by atoms with Crippen LogP contribution >= 0.6 is 0 Å². The Kier molecular flexibility index (Phi) is 8.19. The molecule has 0 radical (unpaired) electrons. The molecule has 1 aliphatic rings. The second-order valence-electron chi connectivity index (χ2n) is 6.37. The molecule has 0 aliphatic carbocycles. The number of piperazine rings is 1. The van der Waals surface area contributed by atoms with Gasteiger partial charge >= 0.3 is 11.9 Å². The summed E-state index contributed by atoms with van der Waals surface area (Å²) in [6, 6.07) is 13.0. The summed E-state index contributed by atoms with van der Waals surface area (Å²) in [7, 11) is 0. The average Bonchev–Trinajstić information content (AvgIpc) is 2.71. The molecule has 0 bridgehead atoms. The van der Waals surface area contributed by atoms with E-state index in [1.807, 2.05) is 36.5 Å². The van der Waals surface area contributed by atoms with Crippen molar-refractivity contribution in [3.8, 4) is 0 Å². The van der Waals surface area contributed by atoms with Gasteiger partial charge in [-0.2, -0.15) is 0 Å². The van der Waals surface area contributed by atoms with Gasteiger partial charge in [0.15, 0.2) is 0 Å². The molecule has 2 aromatic rings. The highest BCUT2D eigenvalue weighted by Gasteiger charge is 2.20. The number of carboxylic acid groups (broad SMARTS) is 2. The highest BCUT2D eigenvalue weighted by Crippen LogP contribution is 2.20. The molecule has 0 saturated carbocycles. The van der Waals surface area contributed by atoms with Gasteiger partial charge in [0.1, 0.15) is 0 Å². The van der Waals surface area contributed by atoms with E-state index in [1.165, 1.54) is 0 Å². The van der Waals surface area contributed by atoms with Crippen molar-refractivity contribution in [3.63, 3.8) is 0 Å². The zero-order chi connectivity index (χ0) is 21.2. The first-order chi connectivity index (χ1) is 13.9. The zero-order valence-corrected chi connectivity index (χ0v) is 15.7. The normalized spacial score (nSPS) is 14.5. The number of aromatic nitrogens is 1. The number of hydrogen-bond donors (Lipinski definition) is 2. The molecule has 10 heteroatoms. The second-order valence-corrected chi connectivity index (χ2v) is 6.37. The second kappa shape index (κ2) is 10.8. The molecule has 1 saturated heterocycles. The van der Waals surface area contributed by atoms with E-state index in [4.69, 9.17) is 19.8 Å². The number of carbonyl (C=O) groups is 2. The molecular formula is C19H22N4O6. The molecule has 0 atom stereocenters. The first kappa shape index (κ1) is 21.9. The van der Waals surface area contributed by atoms with Crippen molar-refractivity contribution < 1.29 is 24.7 Å². The van der Waals surface area contributed by atoms with Crippen LogP contribution in [-0.4, -0.2) is 68.0 Å². The Morgan fingerprint density at radius 2 is 1.48 bits per heavy atom. The van der Waals surface area contributed by atoms with E-state index < -0.39 is 11.9 Å². The topological polar surface area (TPSA) is 137 Å². The summed E-state index contributed by atoms with van der Waals surface area (Å²) in [6.07, 6.45) is 1.82. The van der Waals surface area contributed by atoms with Gasteiger partial charge in [0.2, 0.25) is 0 Å². The van der Waals surface area contributed by atoms with Gasteiger partial charge in [-0.1, -0.05) is 24.3 Å². The summed E-state index contributed by atoms with van der Waals surface area (Å²) in [5, 5.41) is 25.9. The zero-order valence-electron chi connectivity index (χ0n) is 15.7. The van der Waals surface area contributed by atoms with Gasteiger partial charge < -0.3 is 10.2 Å². The summed E-state index contributed by atoms with van der Waals surface area (Å²) >= 11 is 0. The van der Waals surface area contributed by atoms with Crippen LogP contribution in [0.25, 0.3) is 0 Å². The summed E-state index contributed by atoms with van der Waals surface area (Å²) in [6.45, 7) is 5.24. The predicted octanol–water partition coefficient (Wildman–Crippen LogP) is 1.46. The van der Waals surface area contributed by atoms with Crippen LogP contribution in [-0.2, 0) is 22.7 Å². The summed E-state index contributed by atoms with van der Waals surface area (Å²) in [4.78, 5) is 38.0. The van der Waals surface area contributed by atoms with E-state index in [9.17, 15) is 10.1 Å². The maximum absolute atomic E-state index is 11.1. The van der Waals surface area contributed by atoms with Crippen LogP contribution in [0.5, 0.6) is 0 Å². The lowest BCUT2D eigenvalue weighted by Crippen LogP contribution is -2.45. The first-order valence-corrected chi connectivity index (χ1v) is 8.90. The number of pyridine rings is 1. The molecule has 3 rings (SSSR count). The van der Waals surface area contributed by atoms with Crippen LogP contribution < -0.4 is 0 Å². The monoisotopic (exact) mass is 402 g/mol. The lowest BCUT2D eigenvalue weighted by atomic mass is 10.1. The maximum Gasteiger partial charge on any atom is 0.414 e. The highest BCUT2D eigenvalue weighted by molar-refractivity contribution is 6.27. The lowest BCUT2D eigenvalue weighted by molar-refractivity contribution is -0.385. The predicted molar refractivity (Wildman–Crippen MR) is 103 cm³/mol. The van der Waals surface area contributed by atoms with Crippen LogP contribution in [0.2, 0.25) is 0 Å². The number of nitro benzene ring substituents is 1. The fraction of sp³-hybridized carbons (Fsp3) is 0.316. The number of nitrogens with zero attached hydrogens (tertiary/aromatic N) is 4. The largest absolute Gasteiger partial charge is 0.473 e. The Hall–Kier alpha value is -3.37. The Morgan fingerprint density at radius 3 is 2.00 bits per heavy atom. The van der Waals surface area contributed by atoms with Crippen LogP contribution in [0.15, 0.2) is 48.7 Å². The van der Waals surface area contributed by atoms with Crippen molar-refractivity contribution in [3.05, 3.63) is 70.0 Å². The standard InChI is InChI=1S/C17H20N4O2.C2H2O4/c22-21(23)17-7-2-1-5-15(17)13-19-9-11-20(12-10-19)14-16-6-3-4-8-18-16;3-1(4)2(5)6/h1-8H,9-14H2;(H,3,4)(H,5,6). The molecule has 2 N–H and O–H groups in total. The smallest absolute Gasteiger partial charge is 0.414 e. The van der Waals surface area contributed by atoms with E-state index in [-0.39, 0.29) is 10.6 Å². The highest BCUT2D eigenvalue weighted by atomic mass is 16.6. The van der Waals surface area contributed by atoms with E-state index in [0.717, 1.165) is 44.0 Å². The number of benzene rings is 1. The third kappa shape index (κ3) is 7.28. The minimum atomic E-state index is -1.82. The quantitative estimate of drug-likeness (QED) is 0.432. The molecular weight excluding hydrogens is 380 g/mol. The molecule has 0 unspecified atom stereocenters. The third-order valence-corrected chi connectivity index (χ3v) is 4.34. The fourth-order valence-electron chi connectivity index (χ4n) is 2.89. The number of rotatable bonds is 5. The molecule has 1 aliphatic heterocycles. The number of hydrogen-bond acceptors (Lipinski definition) is 7. The summed E-state index contributed by atoms with van der Waals surface area (Å²) < 4.78 is 0. The molecule has 154 valence electrons. The van der Waals surface area contributed by atoms with Gasteiger partial charge in [-0.25, -0.2) is 9.59 Å². The minimum Gasteiger partial charge on any atom is -0.473 e. The van der Waals surface area contributed by atoms with Crippen molar-refractivity contribution in [2.45, 2.75) is 13.1 Å². The third-order valence-electron chi connectivity index (χ3n) is 4.34. The maximum atomic E-state index is 11.1. The Bertz CT molecular complexity index is 826. The fourth-order valence-corrected chi connectivity index (χ4v) is 2.89. The Labute approximate surface area is 167 Å². The van der Waals surface area contributed by atoms with Crippen molar-refractivity contribution in [1.29, 1.82) is 0 Å². The molecule has 2 heterocycles. The Morgan fingerprint density at radius 1 is 0.931 bits per heavy atom. The van der Waals surface area contributed by atoms with Gasteiger partial charge in [-0.15, -0.1) is 0 Å². The van der Waals surface area contributed by atoms with Gasteiger partial charge in [0, 0.05) is 57.1 Å². The van der Waals surface area contributed by atoms with E-state index in [1.54, 1.807) is 12.1 Å². The molecule has 1 aromatic carbocycles.